The van der Waals surface area contributed by atoms with Crippen molar-refractivity contribution in [1.82, 2.24) is 0 Å². The molecule has 1 atom stereocenters. The summed E-state index contributed by atoms with van der Waals surface area (Å²) in [5.74, 6) is -1.07. The summed E-state index contributed by atoms with van der Waals surface area (Å²) < 4.78 is 5.69. The highest BCUT2D eigenvalue weighted by molar-refractivity contribution is 6.00. The first-order valence-corrected chi connectivity index (χ1v) is 10.1. The lowest BCUT2D eigenvalue weighted by Crippen LogP contribution is -2.26. The van der Waals surface area contributed by atoms with Gasteiger partial charge in [-0.05, 0) is 43.2 Å². The van der Waals surface area contributed by atoms with Gasteiger partial charge in [-0.1, -0.05) is 54.6 Å². The second kappa shape index (κ2) is 10.4. The summed E-state index contributed by atoms with van der Waals surface area (Å²) in [4.78, 5) is 26.1. The maximum absolute atomic E-state index is 13.2. The van der Waals surface area contributed by atoms with Gasteiger partial charge in [-0.25, -0.2) is 4.79 Å². The molecular formula is C25H26N2O4. The molecule has 0 bridgehead atoms. The first-order chi connectivity index (χ1) is 15.0. The molecule has 0 aliphatic heterocycles. The Morgan fingerprint density at radius 3 is 2.39 bits per heavy atom. The first-order valence-electron chi connectivity index (χ1n) is 10.1. The summed E-state index contributed by atoms with van der Waals surface area (Å²) in [6.45, 7) is 4.07. The van der Waals surface area contributed by atoms with Crippen LogP contribution in [0.4, 0.5) is 11.4 Å². The quantitative estimate of drug-likeness (QED) is 0.476. The first kappa shape index (κ1) is 22.1. The average Bonchev–Trinajstić information content (AvgIpc) is 2.79. The topological polar surface area (TPSA) is 87.7 Å². The Balaban J connectivity index is 1.88. The molecule has 31 heavy (non-hydrogen) atoms. The molecule has 0 heterocycles. The van der Waals surface area contributed by atoms with Gasteiger partial charge in [-0.3, -0.25) is 4.79 Å². The Labute approximate surface area is 181 Å². The van der Waals surface area contributed by atoms with Gasteiger partial charge in [0.2, 0.25) is 6.10 Å². The van der Waals surface area contributed by atoms with Gasteiger partial charge in [0.25, 0.3) is 5.91 Å². The SMILES string of the molecule is Cc1ccc(C)c(NC(=O)[C@H](OC(=O)c2ccccc2NCCO)c2ccccc2)c1. The number of carbonyl (C=O) groups is 2. The molecule has 0 unspecified atom stereocenters. The van der Waals surface area contributed by atoms with E-state index in [1.165, 1.54) is 0 Å². The van der Waals surface area contributed by atoms with Crippen molar-refractivity contribution in [2.45, 2.75) is 20.0 Å². The number of anilines is 2. The number of esters is 1. The Morgan fingerprint density at radius 2 is 1.65 bits per heavy atom. The predicted octanol–water partition coefficient (Wildman–Crippen LogP) is 4.24. The molecule has 0 saturated heterocycles. The number of hydrogen-bond donors (Lipinski definition) is 3. The number of para-hydroxylation sites is 1. The zero-order chi connectivity index (χ0) is 22.2. The number of ether oxygens (including phenoxy) is 1. The van der Waals surface area contributed by atoms with E-state index in [9.17, 15) is 9.59 Å². The third-order valence-electron chi connectivity index (χ3n) is 4.79. The van der Waals surface area contributed by atoms with E-state index in [4.69, 9.17) is 9.84 Å². The maximum Gasteiger partial charge on any atom is 0.341 e. The fraction of sp³-hybridized carbons (Fsp3) is 0.200. The van der Waals surface area contributed by atoms with E-state index in [2.05, 4.69) is 10.6 Å². The number of benzene rings is 3. The molecule has 3 rings (SSSR count). The summed E-state index contributed by atoms with van der Waals surface area (Å²) in [6, 6.07) is 21.5. The molecule has 0 aromatic heterocycles. The van der Waals surface area contributed by atoms with Gasteiger partial charge in [-0.2, -0.15) is 0 Å². The second-order valence-electron chi connectivity index (χ2n) is 7.20. The van der Waals surface area contributed by atoms with Crippen LogP contribution in [0.3, 0.4) is 0 Å². The van der Waals surface area contributed by atoms with Crippen molar-refractivity contribution in [2.75, 3.05) is 23.8 Å². The number of nitrogens with one attached hydrogen (secondary N) is 2. The van der Waals surface area contributed by atoms with Crippen LogP contribution in [0.2, 0.25) is 0 Å². The van der Waals surface area contributed by atoms with E-state index in [-0.39, 0.29) is 12.2 Å². The predicted molar refractivity (Wildman–Crippen MR) is 121 cm³/mol. The van der Waals surface area contributed by atoms with Gasteiger partial charge in [0.1, 0.15) is 0 Å². The lowest BCUT2D eigenvalue weighted by molar-refractivity contribution is -0.125. The van der Waals surface area contributed by atoms with Gasteiger partial charge in [-0.15, -0.1) is 0 Å². The Bertz CT molecular complexity index is 1050. The van der Waals surface area contributed by atoms with Gasteiger partial charge in [0, 0.05) is 23.5 Å². The summed E-state index contributed by atoms with van der Waals surface area (Å²) in [6.07, 6.45) is -1.13. The number of aryl methyl sites for hydroxylation is 2. The van der Waals surface area contributed by atoms with Gasteiger partial charge >= 0.3 is 5.97 Å². The monoisotopic (exact) mass is 418 g/mol. The van der Waals surface area contributed by atoms with E-state index in [0.717, 1.165) is 11.1 Å². The minimum Gasteiger partial charge on any atom is -0.444 e. The molecule has 0 fully saturated rings. The van der Waals surface area contributed by atoms with Gasteiger partial charge in [0.15, 0.2) is 0 Å². The fourth-order valence-electron chi connectivity index (χ4n) is 3.15. The summed E-state index contributed by atoms with van der Waals surface area (Å²) >= 11 is 0. The summed E-state index contributed by atoms with van der Waals surface area (Å²) in [5.41, 5.74) is 3.99. The van der Waals surface area contributed by atoms with Crippen LogP contribution in [0.25, 0.3) is 0 Å². The van der Waals surface area contributed by atoms with Crippen LogP contribution < -0.4 is 10.6 Å². The Morgan fingerprint density at radius 1 is 0.935 bits per heavy atom. The molecule has 0 saturated carbocycles. The van der Waals surface area contributed by atoms with Crippen LogP contribution in [-0.4, -0.2) is 30.1 Å². The van der Waals surface area contributed by atoms with Crippen molar-refractivity contribution in [3.63, 3.8) is 0 Å². The molecular weight excluding hydrogens is 392 g/mol. The van der Waals surface area contributed by atoms with E-state index >= 15 is 0 Å². The second-order valence-corrected chi connectivity index (χ2v) is 7.20. The molecule has 6 heteroatoms. The van der Waals surface area contributed by atoms with Crippen LogP contribution in [0.1, 0.15) is 33.2 Å². The number of carbonyl (C=O) groups excluding carboxylic acids is 2. The molecule has 160 valence electrons. The Kier molecular flexibility index (Phi) is 7.40. The van der Waals surface area contributed by atoms with Crippen LogP contribution in [-0.2, 0) is 9.53 Å². The van der Waals surface area contributed by atoms with Crippen molar-refractivity contribution in [1.29, 1.82) is 0 Å². The zero-order valence-corrected chi connectivity index (χ0v) is 17.6. The highest BCUT2D eigenvalue weighted by atomic mass is 16.5. The van der Waals surface area contributed by atoms with Crippen molar-refractivity contribution in [2.24, 2.45) is 0 Å². The van der Waals surface area contributed by atoms with Crippen LogP contribution in [0.15, 0.2) is 72.8 Å². The van der Waals surface area contributed by atoms with Gasteiger partial charge < -0.3 is 20.5 Å². The van der Waals surface area contributed by atoms with Crippen LogP contribution >= 0.6 is 0 Å². The minimum atomic E-state index is -1.13. The molecule has 6 nitrogen and oxygen atoms in total. The standard InChI is InChI=1S/C25H26N2O4/c1-17-12-13-18(2)22(16-17)27-24(29)23(19-8-4-3-5-9-19)31-25(30)20-10-6-7-11-21(20)26-14-15-28/h3-13,16,23,26,28H,14-15H2,1-2H3,(H,27,29)/t23-/m1/s1. The molecule has 0 aliphatic carbocycles. The largest absolute Gasteiger partial charge is 0.444 e. The lowest BCUT2D eigenvalue weighted by Gasteiger charge is -2.20. The van der Waals surface area contributed by atoms with Crippen molar-refractivity contribution < 1.29 is 19.4 Å². The number of aliphatic hydroxyl groups excluding tert-OH is 1. The molecule has 1 amide bonds. The third-order valence-corrected chi connectivity index (χ3v) is 4.79. The van der Waals surface area contributed by atoms with E-state index in [0.29, 0.717) is 23.5 Å². The molecule has 0 radical (unpaired) electrons. The van der Waals surface area contributed by atoms with Crippen LogP contribution in [0, 0.1) is 13.8 Å². The molecule has 3 aromatic carbocycles. The highest BCUT2D eigenvalue weighted by Gasteiger charge is 2.27. The molecule has 3 N–H and O–H groups in total. The van der Waals surface area contributed by atoms with Crippen molar-refractivity contribution in [3.05, 3.63) is 95.1 Å². The average molecular weight is 418 g/mol. The maximum atomic E-state index is 13.2. The number of amides is 1. The van der Waals surface area contributed by atoms with Crippen molar-refractivity contribution in [3.8, 4) is 0 Å². The van der Waals surface area contributed by atoms with E-state index < -0.39 is 18.0 Å². The number of hydrogen-bond acceptors (Lipinski definition) is 5. The zero-order valence-electron chi connectivity index (χ0n) is 17.6. The number of rotatable bonds is 8. The highest BCUT2D eigenvalue weighted by Crippen LogP contribution is 2.25. The van der Waals surface area contributed by atoms with E-state index in [1.807, 2.05) is 38.1 Å². The fourth-order valence-corrected chi connectivity index (χ4v) is 3.15. The normalized spacial score (nSPS) is 11.5. The number of aliphatic hydroxyl groups is 1. The van der Waals surface area contributed by atoms with Gasteiger partial charge in [0.05, 0.1) is 12.2 Å². The molecule has 0 aliphatic rings. The van der Waals surface area contributed by atoms with Crippen LogP contribution in [0.5, 0.6) is 0 Å². The molecule has 0 spiro atoms. The van der Waals surface area contributed by atoms with Crippen molar-refractivity contribution >= 4 is 23.3 Å². The third kappa shape index (κ3) is 5.71. The Hall–Kier alpha value is -3.64. The summed E-state index contributed by atoms with van der Waals surface area (Å²) in [7, 11) is 0. The minimum absolute atomic E-state index is 0.0751. The smallest absolute Gasteiger partial charge is 0.341 e. The summed E-state index contributed by atoms with van der Waals surface area (Å²) in [5, 5.41) is 15.0. The molecule has 3 aromatic rings. The van der Waals surface area contributed by atoms with E-state index in [1.54, 1.807) is 48.5 Å². The lowest BCUT2D eigenvalue weighted by atomic mass is 10.1.